The second kappa shape index (κ2) is 7.06. The van der Waals surface area contributed by atoms with E-state index < -0.39 is 0 Å². The Balaban J connectivity index is 1.61. The van der Waals surface area contributed by atoms with Crippen LogP contribution in [0.1, 0.15) is 27.4 Å². The number of rotatable bonds is 3. The number of piperidine rings is 1. The summed E-state index contributed by atoms with van der Waals surface area (Å²) < 4.78 is 1.85. The molecule has 0 bridgehead atoms. The molecule has 8 heteroatoms. The first-order valence-electron chi connectivity index (χ1n) is 7.80. The molecule has 128 valence electrons. The molecule has 1 N–H and O–H groups in total. The van der Waals surface area contributed by atoms with E-state index in [-0.39, 0.29) is 17.5 Å². The summed E-state index contributed by atoms with van der Waals surface area (Å²) in [6.07, 6.45) is 3.40. The molecule has 0 saturated carbocycles. The molecule has 0 aromatic carbocycles. The molecule has 2 aromatic rings. The van der Waals surface area contributed by atoms with Crippen molar-refractivity contribution < 1.29 is 4.79 Å². The van der Waals surface area contributed by atoms with Gasteiger partial charge in [-0.1, -0.05) is 0 Å². The number of nitrogens with zero attached hydrogens (tertiary/aromatic N) is 3. The van der Waals surface area contributed by atoms with Crippen molar-refractivity contribution in [2.75, 3.05) is 18.0 Å². The third-order valence-corrected chi connectivity index (χ3v) is 5.94. The van der Waals surface area contributed by atoms with Crippen LogP contribution in [0.3, 0.4) is 0 Å². The first-order chi connectivity index (χ1) is 11.5. The number of carbonyl (C=O) groups excluding carboxylic acids is 1. The van der Waals surface area contributed by atoms with Gasteiger partial charge < -0.3 is 10.2 Å². The van der Waals surface area contributed by atoms with Gasteiger partial charge >= 0.3 is 0 Å². The van der Waals surface area contributed by atoms with Crippen LogP contribution >= 0.6 is 27.3 Å². The van der Waals surface area contributed by atoms with Gasteiger partial charge in [0.25, 0.3) is 11.5 Å². The molecule has 0 radical (unpaired) electrons. The van der Waals surface area contributed by atoms with Gasteiger partial charge in [-0.3, -0.25) is 9.59 Å². The van der Waals surface area contributed by atoms with Gasteiger partial charge in [-0.25, -0.2) is 4.68 Å². The van der Waals surface area contributed by atoms with E-state index >= 15 is 0 Å². The van der Waals surface area contributed by atoms with Crippen LogP contribution in [0.4, 0.5) is 5.69 Å². The lowest BCUT2D eigenvalue weighted by Crippen LogP contribution is -2.45. The monoisotopic (exact) mass is 410 g/mol. The molecule has 6 nitrogen and oxygen atoms in total. The average molecular weight is 411 g/mol. The molecule has 0 spiro atoms. The average Bonchev–Trinajstić information content (AvgIpc) is 3.00. The van der Waals surface area contributed by atoms with Crippen LogP contribution in [0.2, 0.25) is 0 Å². The molecule has 2 aromatic heterocycles. The summed E-state index contributed by atoms with van der Waals surface area (Å²) in [5, 5.41) is 7.20. The zero-order chi connectivity index (χ0) is 17.3. The third-order valence-electron chi connectivity index (χ3n) is 4.19. The normalized spacial score (nSPS) is 15.5. The van der Waals surface area contributed by atoms with Gasteiger partial charge in [0.05, 0.1) is 16.8 Å². The summed E-state index contributed by atoms with van der Waals surface area (Å²) in [5.41, 5.74) is 0.674. The Morgan fingerprint density at radius 1 is 1.38 bits per heavy atom. The molecule has 1 aliphatic heterocycles. The highest BCUT2D eigenvalue weighted by Gasteiger charge is 2.24. The Morgan fingerprint density at radius 3 is 2.71 bits per heavy atom. The van der Waals surface area contributed by atoms with Crippen molar-refractivity contribution in [3.8, 4) is 0 Å². The molecule has 0 aliphatic carbocycles. The molecule has 0 atom stereocenters. The maximum Gasteiger partial charge on any atom is 0.282 e. The lowest BCUT2D eigenvalue weighted by Gasteiger charge is -2.34. The van der Waals surface area contributed by atoms with Crippen molar-refractivity contribution in [1.29, 1.82) is 0 Å². The number of hydrogen-bond acceptors (Lipinski definition) is 5. The molecular formula is C16H19BrN4O2S. The quantitative estimate of drug-likeness (QED) is 0.842. The van der Waals surface area contributed by atoms with Gasteiger partial charge in [0.2, 0.25) is 0 Å². The summed E-state index contributed by atoms with van der Waals surface area (Å²) in [6.45, 7) is 3.56. The van der Waals surface area contributed by atoms with E-state index in [0.29, 0.717) is 4.47 Å². The van der Waals surface area contributed by atoms with E-state index in [1.54, 1.807) is 13.2 Å². The van der Waals surface area contributed by atoms with E-state index in [1.165, 1.54) is 16.0 Å². The van der Waals surface area contributed by atoms with E-state index in [0.717, 1.165) is 41.4 Å². The van der Waals surface area contributed by atoms with Gasteiger partial charge in [-0.2, -0.15) is 5.10 Å². The number of aryl methyl sites for hydroxylation is 2. The van der Waals surface area contributed by atoms with Crippen LogP contribution in [0, 0.1) is 6.92 Å². The lowest BCUT2D eigenvalue weighted by molar-refractivity contribution is 0.0935. The van der Waals surface area contributed by atoms with Crippen molar-refractivity contribution in [3.05, 3.63) is 42.9 Å². The molecule has 1 fully saturated rings. The van der Waals surface area contributed by atoms with Gasteiger partial charge in [0, 0.05) is 31.1 Å². The van der Waals surface area contributed by atoms with Gasteiger partial charge in [-0.15, -0.1) is 11.3 Å². The number of amides is 1. The van der Waals surface area contributed by atoms with Crippen LogP contribution in [0.5, 0.6) is 0 Å². The van der Waals surface area contributed by atoms with Crippen LogP contribution in [-0.4, -0.2) is 34.8 Å². The van der Waals surface area contributed by atoms with E-state index in [1.807, 2.05) is 19.1 Å². The lowest BCUT2D eigenvalue weighted by atomic mass is 10.0. The van der Waals surface area contributed by atoms with Crippen LogP contribution in [0.15, 0.2) is 27.6 Å². The van der Waals surface area contributed by atoms with Gasteiger partial charge in [0.1, 0.15) is 4.47 Å². The molecule has 1 aliphatic rings. The first kappa shape index (κ1) is 17.2. The van der Waals surface area contributed by atoms with Crippen LogP contribution < -0.4 is 15.8 Å². The summed E-state index contributed by atoms with van der Waals surface area (Å²) >= 11 is 4.88. The minimum absolute atomic E-state index is 0.00276. The van der Waals surface area contributed by atoms with Gasteiger partial charge in [-0.05, 0) is 47.8 Å². The largest absolute Gasteiger partial charge is 0.369 e. The number of aromatic nitrogens is 2. The number of anilines is 1. The fourth-order valence-electron chi connectivity index (χ4n) is 2.80. The Kier molecular flexibility index (Phi) is 5.05. The Hall–Kier alpha value is -1.67. The first-order valence-corrected chi connectivity index (χ1v) is 9.40. The highest BCUT2D eigenvalue weighted by molar-refractivity contribution is 9.10. The molecule has 3 heterocycles. The fourth-order valence-corrected chi connectivity index (χ4v) is 4.18. The summed E-state index contributed by atoms with van der Waals surface area (Å²) in [7, 11) is 1.63. The number of thiophene rings is 1. The van der Waals surface area contributed by atoms with Crippen molar-refractivity contribution >= 4 is 38.9 Å². The minimum atomic E-state index is -0.143. The summed E-state index contributed by atoms with van der Waals surface area (Å²) in [6, 6.07) is 3.99. The maximum atomic E-state index is 12.2. The van der Waals surface area contributed by atoms with E-state index in [4.69, 9.17) is 0 Å². The number of carbonyl (C=O) groups is 1. The smallest absolute Gasteiger partial charge is 0.282 e. The fraction of sp³-hybridized carbons (Fsp3) is 0.438. The molecular weight excluding hydrogens is 392 g/mol. The van der Waals surface area contributed by atoms with Crippen molar-refractivity contribution in [2.45, 2.75) is 25.8 Å². The second-order valence-electron chi connectivity index (χ2n) is 5.92. The van der Waals surface area contributed by atoms with Crippen molar-refractivity contribution in [3.63, 3.8) is 0 Å². The maximum absolute atomic E-state index is 12.2. The molecule has 0 unspecified atom stereocenters. The topological polar surface area (TPSA) is 67.2 Å². The second-order valence-corrected chi connectivity index (χ2v) is 8.00. The molecule has 24 heavy (non-hydrogen) atoms. The van der Waals surface area contributed by atoms with Crippen LogP contribution in [-0.2, 0) is 7.05 Å². The number of halogens is 1. The predicted molar refractivity (Wildman–Crippen MR) is 98.9 cm³/mol. The van der Waals surface area contributed by atoms with E-state index in [2.05, 4.69) is 31.2 Å². The number of hydrogen-bond donors (Lipinski definition) is 1. The highest BCUT2D eigenvalue weighted by atomic mass is 79.9. The SMILES string of the molecule is Cc1ccc(C(=O)NC2CCN(c3cnn(C)c(=O)c3Br)CC2)s1. The Morgan fingerprint density at radius 2 is 2.08 bits per heavy atom. The van der Waals surface area contributed by atoms with E-state index in [9.17, 15) is 9.59 Å². The minimum Gasteiger partial charge on any atom is -0.369 e. The highest BCUT2D eigenvalue weighted by Crippen LogP contribution is 2.25. The number of nitrogens with one attached hydrogen (secondary N) is 1. The third kappa shape index (κ3) is 3.54. The zero-order valence-electron chi connectivity index (χ0n) is 13.6. The molecule has 1 amide bonds. The molecule has 1 saturated heterocycles. The van der Waals surface area contributed by atoms with Crippen molar-refractivity contribution in [2.24, 2.45) is 7.05 Å². The molecule has 3 rings (SSSR count). The van der Waals surface area contributed by atoms with Gasteiger partial charge in [0.15, 0.2) is 0 Å². The Bertz CT molecular complexity index is 809. The predicted octanol–water partition coefficient (Wildman–Crippen LogP) is 2.31. The zero-order valence-corrected chi connectivity index (χ0v) is 16.0. The van der Waals surface area contributed by atoms with Crippen molar-refractivity contribution in [1.82, 2.24) is 15.1 Å². The summed E-state index contributed by atoms with van der Waals surface area (Å²) in [5.74, 6) is 0.00276. The van der Waals surface area contributed by atoms with Crippen LogP contribution in [0.25, 0.3) is 0 Å². The standard InChI is InChI=1S/C16H19BrN4O2S/c1-10-3-4-13(24-10)15(22)19-11-5-7-21(8-6-11)12-9-18-20(2)16(23)14(12)17/h3-4,9,11H,5-8H2,1-2H3,(H,19,22). The summed E-state index contributed by atoms with van der Waals surface area (Å²) in [4.78, 5) is 28.2. The Labute approximate surface area is 152 Å².